The van der Waals surface area contributed by atoms with Gasteiger partial charge in [0, 0.05) is 6.42 Å². The molecule has 0 N–H and O–H groups in total. The fourth-order valence-corrected chi connectivity index (χ4v) is 5.14. The molecule has 0 bridgehead atoms. The van der Waals surface area contributed by atoms with Gasteiger partial charge in [0.05, 0.1) is 6.61 Å². The Bertz CT molecular complexity index is 417. The minimum absolute atomic E-state index is 0.0232. The third-order valence-electron chi connectivity index (χ3n) is 7.67. The van der Waals surface area contributed by atoms with Gasteiger partial charge in [0.15, 0.2) is 0 Å². The minimum atomic E-state index is 0.0232. The van der Waals surface area contributed by atoms with Crippen LogP contribution in [0.3, 0.4) is 0 Å². The number of esters is 1. The maximum Gasteiger partial charge on any atom is 0.305 e. The van der Waals surface area contributed by atoms with Crippen LogP contribution in [0, 0.1) is 5.92 Å². The van der Waals surface area contributed by atoms with E-state index in [0.717, 1.165) is 18.8 Å². The Hall–Kier alpha value is -0.530. The Labute approximate surface area is 228 Å². The smallest absolute Gasteiger partial charge is 0.305 e. The maximum atomic E-state index is 11.8. The fourth-order valence-electron chi connectivity index (χ4n) is 5.14. The van der Waals surface area contributed by atoms with Crippen LogP contribution in [-0.4, -0.2) is 12.6 Å². The summed E-state index contributed by atoms with van der Waals surface area (Å²) in [6.45, 7) is 7.57. The minimum Gasteiger partial charge on any atom is -0.466 e. The molecule has 0 aliphatic heterocycles. The van der Waals surface area contributed by atoms with Crippen molar-refractivity contribution in [1.82, 2.24) is 0 Å². The summed E-state index contributed by atoms with van der Waals surface area (Å²) in [5.41, 5.74) is 0. The summed E-state index contributed by atoms with van der Waals surface area (Å²) >= 11 is 0. The molecule has 0 atom stereocenters. The third-order valence-corrected chi connectivity index (χ3v) is 7.67. The average Bonchev–Trinajstić information content (AvgIpc) is 2.86. The zero-order valence-corrected chi connectivity index (χ0v) is 25.4. The molecular formula is C34H68O2. The van der Waals surface area contributed by atoms with Gasteiger partial charge >= 0.3 is 5.97 Å². The highest BCUT2D eigenvalue weighted by atomic mass is 16.5. The second-order valence-corrected chi connectivity index (χ2v) is 12.0. The lowest BCUT2D eigenvalue weighted by molar-refractivity contribution is -0.143. The first-order valence-electron chi connectivity index (χ1n) is 16.8. The van der Waals surface area contributed by atoms with Crippen molar-refractivity contribution in [3.8, 4) is 0 Å². The standard InChI is InChI=1S/C34H68O2/c1-4-5-6-7-8-18-22-25-28-31-34(35)36-32-29-26-23-20-17-15-13-11-9-10-12-14-16-19-21-24-27-30-33(2)3/h33H,4-32H2,1-3H3. The normalized spacial score (nSPS) is 11.4. The Morgan fingerprint density at radius 2 is 0.806 bits per heavy atom. The van der Waals surface area contributed by atoms with Crippen LogP contribution >= 0.6 is 0 Å². The Morgan fingerprint density at radius 3 is 1.19 bits per heavy atom. The number of hydrogen-bond donors (Lipinski definition) is 0. The van der Waals surface area contributed by atoms with Crippen LogP contribution in [0.5, 0.6) is 0 Å². The highest BCUT2D eigenvalue weighted by Gasteiger charge is 2.02. The first-order chi connectivity index (χ1) is 17.7. The average molecular weight is 509 g/mol. The highest BCUT2D eigenvalue weighted by molar-refractivity contribution is 5.69. The second kappa shape index (κ2) is 30.7. The first kappa shape index (κ1) is 35.5. The molecule has 0 unspecified atom stereocenters. The monoisotopic (exact) mass is 509 g/mol. The van der Waals surface area contributed by atoms with Gasteiger partial charge < -0.3 is 4.74 Å². The molecule has 0 amide bonds. The molecule has 0 saturated carbocycles. The van der Waals surface area contributed by atoms with Crippen molar-refractivity contribution in [2.75, 3.05) is 6.61 Å². The second-order valence-electron chi connectivity index (χ2n) is 12.0. The van der Waals surface area contributed by atoms with Gasteiger partial charge in [0.2, 0.25) is 0 Å². The molecule has 0 aromatic heterocycles. The summed E-state index contributed by atoms with van der Waals surface area (Å²) in [6, 6.07) is 0. The molecule has 0 aliphatic rings. The van der Waals surface area contributed by atoms with Crippen molar-refractivity contribution >= 4 is 5.97 Å². The summed E-state index contributed by atoms with van der Waals surface area (Å²) in [5, 5.41) is 0. The molecule has 0 aromatic rings. The number of rotatable bonds is 30. The van der Waals surface area contributed by atoms with E-state index in [4.69, 9.17) is 4.74 Å². The lowest BCUT2D eigenvalue weighted by atomic mass is 10.0. The summed E-state index contributed by atoms with van der Waals surface area (Å²) in [7, 11) is 0. The molecular weight excluding hydrogens is 440 g/mol. The molecule has 0 radical (unpaired) electrons. The van der Waals surface area contributed by atoms with Crippen LogP contribution in [0.2, 0.25) is 0 Å². The molecule has 0 rings (SSSR count). The molecule has 0 aliphatic carbocycles. The maximum absolute atomic E-state index is 11.8. The van der Waals surface area contributed by atoms with E-state index in [-0.39, 0.29) is 5.97 Å². The van der Waals surface area contributed by atoms with E-state index in [0.29, 0.717) is 13.0 Å². The van der Waals surface area contributed by atoms with E-state index in [1.165, 1.54) is 161 Å². The summed E-state index contributed by atoms with van der Waals surface area (Å²) in [6.07, 6.45) is 37.3. The molecule has 0 aromatic carbocycles. The molecule has 2 heteroatoms. The summed E-state index contributed by atoms with van der Waals surface area (Å²) in [4.78, 5) is 11.8. The van der Waals surface area contributed by atoms with Gasteiger partial charge in [-0.05, 0) is 18.8 Å². The van der Waals surface area contributed by atoms with Crippen LogP contribution in [0.1, 0.15) is 201 Å². The van der Waals surface area contributed by atoms with E-state index in [1.807, 2.05) is 0 Å². The van der Waals surface area contributed by atoms with Crippen molar-refractivity contribution in [3.05, 3.63) is 0 Å². The van der Waals surface area contributed by atoms with Crippen molar-refractivity contribution < 1.29 is 9.53 Å². The van der Waals surface area contributed by atoms with Gasteiger partial charge in [-0.15, -0.1) is 0 Å². The Balaban J connectivity index is 3.13. The Morgan fingerprint density at radius 1 is 0.472 bits per heavy atom. The van der Waals surface area contributed by atoms with Crippen LogP contribution in [0.15, 0.2) is 0 Å². The first-order valence-corrected chi connectivity index (χ1v) is 16.8. The third kappa shape index (κ3) is 31.5. The van der Waals surface area contributed by atoms with Crippen molar-refractivity contribution in [2.45, 2.75) is 201 Å². The number of hydrogen-bond acceptors (Lipinski definition) is 2. The zero-order valence-electron chi connectivity index (χ0n) is 25.4. The molecule has 216 valence electrons. The molecule has 0 spiro atoms. The molecule has 0 heterocycles. The van der Waals surface area contributed by atoms with Gasteiger partial charge in [0.1, 0.15) is 0 Å². The van der Waals surface area contributed by atoms with Crippen LogP contribution in [-0.2, 0) is 9.53 Å². The number of carbonyl (C=O) groups excluding carboxylic acids is 1. The van der Waals surface area contributed by atoms with Crippen LogP contribution in [0.25, 0.3) is 0 Å². The van der Waals surface area contributed by atoms with Crippen LogP contribution in [0.4, 0.5) is 0 Å². The van der Waals surface area contributed by atoms with Gasteiger partial charge in [-0.2, -0.15) is 0 Å². The van der Waals surface area contributed by atoms with E-state index in [2.05, 4.69) is 20.8 Å². The molecule has 2 nitrogen and oxygen atoms in total. The van der Waals surface area contributed by atoms with Crippen molar-refractivity contribution in [2.24, 2.45) is 5.92 Å². The number of unbranched alkanes of at least 4 members (excludes halogenated alkanes) is 24. The zero-order chi connectivity index (χ0) is 26.4. The van der Waals surface area contributed by atoms with Gasteiger partial charge in [0.25, 0.3) is 0 Å². The van der Waals surface area contributed by atoms with Gasteiger partial charge in [-0.25, -0.2) is 0 Å². The largest absolute Gasteiger partial charge is 0.466 e. The molecule has 0 fully saturated rings. The van der Waals surface area contributed by atoms with E-state index in [1.54, 1.807) is 0 Å². The summed E-state index contributed by atoms with van der Waals surface area (Å²) < 4.78 is 5.41. The number of ether oxygens (including phenoxy) is 1. The van der Waals surface area contributed by atoms with Crippen molar-refractivity contribution in [3.63, 3.8) is 0 Å². The van der Waals surface area contributed by atoms with E-state index >= 15 is 0 Å². The lowest BCUT2D eigenvalue weighted by Crippen LogP contribution is -2.05. The fraction of sp³-hybridized carbons (Fsp3) is 0.971. The SMILES string of the molecule is CCCCCCCCCCCC(=O)OCCCCCCCCCCCCCCCCCCCC(C)C. The van der Waals surface area contributed by atoms with Crippen molar-refractivity contribution in [1.29, 1.82) is 0 Å². The van der Waals surface area contributed by atoms with E-state index < -0.39 is 0 Å². The summed E-state index contributed by atoms with van der Waals surface area (Å²) in [5.74, 6) is 0.905. The van der Waals surface area contributed by atoms with Gasteiger partial charge in [-0.1, -0.05) is 181 Å². The van der Waals surface area contributed by atoms with Gasteiger partial charge in [-0.3, -0.25) is 4.79 Å². The lowest BCUT2D eigenvalue weighted by Gasteiger charge is -2.06. The topological polar surface area (TPSA) is 26.3 Å². The predicted octanol–water partition coefficient (Wildman–Crippen LogP) is 12.1. The van der Waals surface area contributed by atoms with E-state index in [9.17, 15) is 4.79 Å². The quantitative estimate of drug-likeness (QED) is 0.0712. The highest BCUT2D eigenvalue weighted by Crippen LogP contribution is 2.15. The molecule has 36 heavy (non-hydrogen) atoms. The Kier molecular flexibility index (Phi) is 30.2. The number of carbonyl (C=O) groups is 1. The predicted molar refractivity (Wildman–Crippen MR) is 161 cm³/mol. The molecule has 0 saturated heterocycles. The van der Waals surface area contributed by atoms with Crippen LogP contribution < -0.4 is 0 Å².